The number of benzene rings is 1. The molecule has 0 aliphatic rings. The van der Waals surface area contributed by atoms with Crippen LogP contribution in [-0.4, -0.2) is 0 Å². The van der Waals surface area contributed by atoms with Crippen molar-refractivity contribution in [3.05, 3.63) is 76.7 Å². The Labute approximate surface area is 273 Å². The van der Waals surface area contributed by atoms with E-state index in [0.717, 1.165) is 58.3 Å². The van der Waals surface area contributed by atoms with Crippen LogP contribution in [-0.2, 0) is 0 Å². The molecule has 0 saturated carbocycles. The highest BCUT2D eigenvalue weighted by molar-refractivity contribution is 9.11. The molecule has 190 valence electrons. The second kappa shape index (κ2) is 10.2. The summed E-state index contributed by atoms with van der Waals surface area (Å²) in [5.74, 6) is 0. The summed E-state index contributed by atoms with van der Waals surface area (Å²) in [6, 6.07) is 15.3. The Morgan fingerprint density at radius 1 is 0.474 bits per heavy atom. The molecule has 0 nitrogen and oxygen atoms in total. The van der Waals surface area contributed by atoms with E-state index in [1.165, 1.54) is 53.6 Å². The van der Waals surface area contributed by atoms with Gasteiger partial charge in [0.25, 0.3) is 0 Å². The van der Waals surface area contributed by atoms with Gasteiger partial charge < -0.3 is 0 Å². The molecule has 0 amide bonds. The van der Waals surface area contributed by atoms with E-state index in [4.69, 9.17) is 0 Å². The van der Waals surface area contributed by atoms with Crippen LogP contribution >= 0.6 is 132 Å². The van der Waals surface area contributed by atoms with E-state index in [1.54, 1.807) is 45.3 Å². The zero-order valence-corrected chi connectivity index (χ0v) is 29.6. The molecule has 0 bridgehead atoms. The summed E-state index contributed by atoms with van der Waals surface area (Å²) in [6.45, 7) is 0. The maximum atomic E-state index is 13.5. The van der Waals surface area contributed by atoms with Crippen molar-refractivity contribution < 1.29 is 8.78 Å². The van der Waals surface area contributed by atoms with E-state index in [1.807, 2.05) is 12.1 Å². The maximum absolute atomic E-state index is 13.5. The Hall–Kier alpha value is -0.280. The second-order valence-corrected chi connectivity index (χ2v) is 17.7. The van der Waals surface area contributed by atoms with E-state index in [2.05, 4.69) is 88.0 Å². The summed E-state index contributed by atoms with van der Waals surface area (Å²) >= 11 is 24.5. The second-order valence-electron chi connectivity index (χ2n) is 8.12. The molecule has 0 radical (unpaired) electrons. The third-order valence-electron chi connectivity index (χ3n) is 5.80. The molecule has 0 unspecified atom stereocenters. The number of hydrogen-bond acceptors (Lipinski definition) is 6. The fraction of sp³-hybridized carbons (Fsp3) is 0. The lowest BCUT2D eigenvalue weighted by Gasteiger charge is -2.10. The SMILES string of the molecule is Fc1ccc(-c2cc3sc(-c4cc(Br)c(-c5sc6cc(-c7ccc(F)s7)sc6c5Br)cc4Br)c(Br)c3s2)s1. The number of fused-ring (bicyclic) bond motifs is 2. The van der Waals surface area contributed by atoms with Crippen LogP contribution in [0.3, 0.4) is 0 Å². The van der Waals surface area contributed by atoms with E-state index in [0.29, 0.717) is 0 Å². The van der Waals surface area contributed by atoms with Crippen LogP contribution in [0, 0.1) is 10.3 Å². The van der Waals surface area contributed by atoms with Gasteiger partial charge in [-0.05, 0) is 80.4 Å². The predicted molar refractivity (Wildman–Crippen MR) is 181 cm³/mol. The number of rotatable bonds is 4. The largest absolute Gasteiger partial charge is 0.195 e. The minimum absolute atomic E-state index is 0.166. The van der Waals surface area contributed by atoms with Crippen molar-refractivity contribution in [3.8, 4) is 40.4 Å². The van der Waals surface area contributed by atoms with Crippen molar-refractivity contribution in [1.29, 1.82) is 0 Å². The van der Waals surface area contributed by atoms with Gasteiger partial charge in [-0.2, -0.15) is 8.78 Å². The molecule has 0 N–H and O–H groups in total. The standard InChI is InChI=1S/C26H8Br4F2S6/c27-11-6-10(24-22(30)26-18(38-24)8-16(36-26)14-2-4-20(32)34-14)12(28)5-9(11)23-21(29)25-17(37-23)7-15(35-25)13-1-3-19(31)33-13/h1-8H. The summed E-state index contributed by atoms with van der Waals surface area (Å²) in [5, 5.41) is -0.332. The quantitative estimate of drug-likeness (QED) is 0.165. The topological polar surface area (TPSA) is 0 Å². The van der Waals surface area contributed by atoms with E-state index >= 15 is 0 Å². The van der Waals surface area contributed by atoms with Crippen molar-refractivity contribution in [2.45, 2.75) is 0 Å². The summed E-state index contributed by atoms with van der Waals surface area (Å²) in [4.78, 5) is 6.36. The van der Waals surface area contributed by atoms with Gasteiger partial charge in [0.15, 0.2) is 10.3 Å². The Balaban J connectivity index is 1.27. The van der Waals surface area contributed by atoms with Gasteiger partial charge >= 0.3 is 0 Å². The summed E-state index contributed by atoms with van der Waals surface area (Å²) < 4.78 is 35.9. The Kier molecular flexibility index (Phi) is 7.15. The first-order valence-electron chi connectivity index (χ1n) is 10.7. The van der Waals surface area contributed by atoms with Gasteiger partial charge in [-0.25, -0.2) is 0 Å². The van der Waals surface area contributed by atoms with Crippen LogP contribution in [0.4, 0.5) is 8.78 Å². The fourth-order valence-corrected chi connectivity index (χ4v) is 14.1. The third kappa shape index (κ3) is 4.51. The Bertz CT molecular complexity index is 1870. The normalized spacial score (nSPS) is 11.9. The fourth-order valence-electron chi connectivity index (χ4n) is 4.10. The van der Waals surface area contributed by atoms with Crippen molar-refractivity contribution in [2.75, 3.05) is 0 Å². The first kappa shape index (κ1) is 26.6. The molecule has 0 aliphatic carbocycles. The Morgan fingerprint density at radius 2 is 0.895 bits per heavy atom. The number of hydrogen-bond donors (Lipinski definition) is 0. The lowest BCUT2D eigenvalue weighted by Crippen LogP contribution is -1.83. The molecular formula is C26H8Br4F2S6. The molecule has 12 heteroatoms. The highest BCUT2D eigenvalue weighted by Gasteiger charge is 2.22. The summed E-state index contributed by atoms with van der Waals surface area (Å²) in [6.07, 6.45) is 0. The maximum Gasteiger partial charge on any atom is 0.177 e. The first-order chi connectivity index (χ1) is 18.3. The van der Waals surface area contributed by atoms with Gasteiger partial charge in [-0.3, -0.25) is 0 Å². The molecule has 7 rings (SSSR count). The van der Waals surface area contributed by atoms with Crippen molar-refractivity contribution >= 4 is 151 Å². The van der Waals surface area contributed by atoms with Gasteiger partial charge in [0.05, 0.1) is 28.1 Å². The monoisotopic (exact) mass is 866 g/mol. The van der Waals surface area contributed by atoms with Gasteiger partial charge in [0.1, 0.15) is 0 Å². The van der Waals surface area contributed by atoms with E-state index < -0.39 is 0 Å². The smallest absolute Gasteiger partial charge is 0.177 e. The van der Waals surface area contributed by atoms with Crippen LogP contribution in [0.1, 0.15) is 0 Å². The average Bonchev–Trinajstić information content (AvgIpc) is 3.70. The minimum atomic E-state index is -0.166. The Morgan fingerprint density at radius 3 is 1.24 bits per heavy atom. The van der Waals surface area contributed by atoms with Crippen LogP contribution < -0.4 is 0 Å². The summed E-state index contributed by atoms with van der Waals surface area (Å²) in [5.41, 5.74) is 2.20. The third-order valence-corrected chi connectivity index (χ3v) is 16.8. The number of thiophene rings is 6. The molecule has 6 heterocycles. The van der Waals surface area contributed by atoms with E-state index in [9.17, 15) is 8.78 Å². The molecular weight excluding hydrogens is 862 g/mol. The lowest BCUT2D eigenvalue weighted by molar-refractivity contribution is 0.657. The molecule has 0 fully saturated rings. The zero-order valence-electron chi connectivity index (χ0n) is 18.3. The van der Waals surface area contributed by atoms with Crippen molar-refractivity contribution in [1.82, 2.24) is 0 Å². The van der Waals surface area contributed by atoms with Crippen LogP contribution in [0.25, 0.3) is 59.2 Å². The molecule has 0 saturated heterocycles. The van der Waals surface area contributed by atoms with E-state index in [-0.39, 0.29) is 10.3 Å². The predicted octanol–water partition coefficient (Wildman–Crippen LogP) is 14.4. The molecule has 7 aromatic rings. The molecule has 0 aliphatic heterocycles. The average molecular weight is 870 g/mol. The van der Waals surface area contributed by atoms with Gasteiger partial charge in [-0.1, -0.05) is 31.9 Å². The zero-order chi connectivity index (χ0) is 26.3. The minimum Gasteiger partial charge on any atom is -0.195 e. The van der Waals surface area contributed by atoms with Crippen LogP contribution in [0.2, 0.25) is 0 Å². The molecule has 0 spiro atoms. The first-order valence-corrected chi connectivity index (χ1v) is 18.8. The van der Waals surface area contributed by atoms with Crippen LogP contribution in [0.5, 0.6) is 0 Å². The van der Waals surface area contributed by atoms with Gasteiger partial charge in [0.2, 0.25) is 0 Å². The molecule has 0 atom stereocenters. The van der Waals surface area contributed by atoms with Gasteiger partial charge in [0, 0.05) is 49.0 Å². The van der Waals surface area contributed by atoms with Crippen molar-refractivity contribution in [3.63, 3.8) is 0 Å². The highest BCUT2D eigenvalue weighted by atomic mass is 79.9. The van der Waals surface area contributed by atoms with Crippen molar-refractivity contribution in [2.24, 2.45) is 0 Å². The molecule has 6 aromatic heterocycles. The molecule has 38 heavy (non-hydrogen) atoms. The highest BCUT2D eigenvalue weighted by Crippen LogP contribution is 2.53. The lowest BCUT2D eigenvalue weighted by atomic mass is 10.1. The number of halogens is 6. The summed E-state index contributed by atoms with van der Waals surface area (Å²) in [7, 11) is 0. The molecule has 1 aromatic carbocycles. The van der Waals surface area contributed by atoms with Crippen LogP contribution in [0.15, 0.2) is 66.4 Å². The van der Waals surface area contributed by atoms with Gasteiger partial charge in [-0.15, -0.1) is 68.0 Å².